The summed E-state index contributed by atoms with van der Waals surface area (Å²) in [6.45, 7) is 0.911. The van der Waals surface area contributed by atoms with Crippen LogP contribution < -0.4 is 4.31 Å². The first-order chi connectivity index (χ1) is 12.1. The highest BCUT2D eigenvalue weighted by Gasteiger charge is 2.33. The Labute approximate surface area is 151 Å². The Morgan fingerprint density at radius 1 is 1.24 bits per heavy atom. The van der Waals surface area contributed by atoms with Crippen LogP contribution in [0.25, 0.3) is 10.9 Å². The van der Waals surface area contributed by atoms with Crippen molar-refractivity contribution in [2.45, 2.75) is 23.8 Å². The summed E-state index contributed by atoms with van der Waals surface area (Å²) in [7, 11) is -1.93. The molecule has 5 nitrogen and oxygen atoms in total. The number of nitrogens with zero attached hydrogens (tertiary/aromatic N) is 2. The highest BCUT2D eigenvalue weighted by Crippen LogP contribution is 2.38. The minimum atomic E-state index is -3.57. The monoisotopic (exact) mass is 376 g/mol. The summed E-state index contributed by atoms with van der Waals surface area (Å²) in [6.07, 6.45) is 4.11. The van der Waals surface area contributed by atoms with Crippen LogP contribution in [0.15, 0.2) is 52.2 Å². The van der Waals surface area contributed by atoms with Crippen molar-refractivity contribution >= 4 is 38.0 Å². The van der Waals surface area contributed by atoms with Crippen molar-refractivity contribution in [2.75, 3.05) is 18.0 Å². The second-order valence-corrected chi connectivity index (χ2v) is 9.37. The molecule has 2 heterocycles. The number of aromatic nitrogens is 1. The van der Waals surface area contributed by atoms with Crippen LogP contribution in [0.2, 0.25) is 0 Å². The Kier molecular flexibility index (Phi) is 4.31. The number of sulfonamides is 1. The lowest BCUT2D eigenvalue weighted by atomic mass is 10.2. The normalized spacial score (nSPS) is 14.9. The van der Waals surface area contributed by atoms with E-state index in [9.17, 15) is 8.42 Å². The molecule has 0 spiro atoms. The average molecular weight is 377 g/mol. The molecule has 4 rings (SSSR count). The maximum Gasteiger partial charge on any atom is 0.273 e. The summed E-state index contributed by atoms with van der Waals surface area (Å²) < 4.78 is 35.8. The molecule has 1 aliphatic rings. The molecule has 0 radical (unpaired) electrons. The van der Waals surface area contributed by atoms with Crippen molar-refractivity contribution in [1.29, 1.82) is 0 Å². The van der Waals surface area contributed by atoms with Gasteiger partial charge in [-0.25, -0.2) is 8.42 Å². The van der Waals surface area contributed by atoms with Gasteiger partial charge in [-0.15, -0.1) is 11.3 Å². The van der Waals surface area contributed by atoms with Crippen LogP contribution >= 0.6 is 11.3 Å². The minimum Gasteiger partial charge on any atom is -0.364 e. The van der Waals surface area contributed by atoms with E-state index < -0.39 is 10.0 Å². The Hall–Kier alpha value is -1.83. The summed E-state index contributed by atoms with van der Waals surface area (Å²) in [6, 6.07) is 11.2. The molecule has 1 saturated carbocycles. The molecular formula is C18H20N2O3S2. The Morgan fingerprint density at radius 2 is 2.08 bits per heavy atom. The third-order valence-electron chi connectivity index (χ3n) is 4.46. The van der Waals surface area contributed by atoms with Gasteiger partial charge >= 0.3 is 0 Å². The highest BCUT2D eigenvalue weighted by molar-refractivity contribution is 7.94. The average Bonchev–Trinajstić information content (AvgIpc) is 3.09. The first-order valence-electron chi connectivity index (χ1n) is 8.24. The van der Waals surface area contributed by atoms with Gasteiger partial charge in [0.1, 0.15) is 10.9 Å². The van der Waals surface area contributed by atoms with E-state index in [1.807, 2.05) is 35.0 Å². The van der Waals surface area contributed by atoms with E-state index in [0.29, 0.717) is 23.4 Å². The van der Waals surface area contributed by atoms with Crippen molar-refractivity contribution < 1.29 is 13.2 Å². The zero-order chi connectivity index (χ0) is 17.4. The molecule has 132 valence electrons. The highest BCUT2D eigenvalue weighted by atomic mass is 32.2. The number of hydrogen-bond donors (Lipinski definition) is 0. The van der Waals surface area contributed by atoms with Gasteiger partial charge in [0.05, 0.1) is 11.2 Å². The van der Waals surface area contributed by atoms with E-state index in [2.05, 4.69) is 0 Å². The molecule has 1 fully saturated rings. The topological polar surface area (TPSA) is 51.5 Å². The van der Waals surface area contributed by atoms with Gasteiger partial charge < -0.3 is 9.30 Å². The summed E-state index contributed by atoms with van der Waals surface area (Å²) >= 11 is 1.26. The molecule has 0 aliphatic heterocycles. The van der Waals surface area contributed by atoms with E-state index in [4.69, 9.17) is 4.74 Å². The van der Waals surface area contributed by atoms with Crippen LogP contribution in [-0.2, 0) is 21.5 Å². The SMILES string of the molecule is COCn1ccc2cccc(N(CC3CC3)S(=O)(=O)c3cccs3)c21. The maximum absolute atomic E-state index is 13.3. The van der Waals surface area contributed by atoms with Crippen molar-refractivity contribution in [3.8, 4) is 0 Å². The number of methoxy groups -OCH3 is 1. The summed E-state index contributed by atoms with van der Waals surface area (Å²) in [5.41, 5.74) is 1.62. The van der Waals surface area contributed by atoms with Gasteiger partial charge in [0.25, 0.3) is 10.0 Å². The van der Waals surface area contributed by atoms with Crippen LogP contribution in [0.5, 0.6) is 0 Å². The molecule has 0 amide bonds. The van der Waals surface area contributed by atoms with E-state index in [0.717, 1.165) is 29.4 Å². The molecule has 0 unspecified atom stereocenters. The molecule has 0 saturated heterocycles. The fourth-order valence-corrected chi connectivity index (χ4v) is 5.72. The molecule has 3 aromatic rings. The van der Waals surface area contributed by atoms with Crippen LogP contribution in [0.1, 0.15) is 12.8 Å². The molecule has 0 bridgehead atoms. The summed E-state index contributed by atoms with van der Waals surface area (Å²) in [4.78, 5) is 0. The van der Waals surface area contributed by atoms with Gasteiger partial charge in [-0.2, -0.15) is 0 Å². The fraction of sp³-hybridized carbons (Fsp3) is 0.333. The largest absolute Gasteiger partial charge is 0.364 e. The zero-order valence-corrected chi connectivity index (χ0v) is 15.6. The molecule has 0 N–H and O–H groups in total. The van der Waals surface area contributed by atoms with Gasteiger partial charge in [0.2, 0.25) is 0 Å². The van der Waals surface area contributed by atoms with Crippen LogP contribution in [-0.4, -0.2) is 26.6 Å². The fourth-order valence-electron chi connectivity index (χ4n) is 3.07. The second-order valence-electron chi connectivity index (χ2n) is 6.33. The first kappa shape index (κ1) is 16.6. The minimum absolute atomic E-state index is 0.384. The van der Waals surface area contributed by atoms with Crippen molar-refractivity contribution in [1.82, 2.24) is 4.57 Å². The van der Waals surface area contributed by atoms with Gasteiger partial charge in [0, 0.05) is 25.2 Å². The quantitative estimate of drug-likeness (QED) is 0.628. The molecule has 2 aromatic heterocycles. The van der Waals surface area contributed by atoms with E-state index >= 15 is 0 Å². The first-order valence-corrected chi connectivity index (χ1v) is 10.6. The Bertz CT molecular complexity index is 973. The van der Waals surface area contributed by atoms with Gasteiger partial charge in [-0.3, -0.25) is 4.31 Å². The smallest absolute Gasteiger partial charge is 0.273 e. The van der Waals surface area contributed by atoms with Gasteiger partial charge in [0.15, 0.2) is 0 Å². The molecule has 1 aliphatic carbocycles. The van der Waals surface area contributed by atoms with Crippen LogP contribution in [0.4, 0.5) is 5.69 Å². The van der Waals surface area contributed by atoms with E-state index in [1.165, 1.54) is 11.3 Å². The number of hydrogen-bond acceptors (Lipinski definition) is 4. The number of thiophene rings is 1. The molecule has 7 heteroatoms. The van der Waals surface area contributed by atoms with Crippen molar-refractivity contribution in [3.63, 3.8) is 0 Å². The van der Waals surface area contributed by atoms with Crippen LogP contribution in [0.3, 0.4) is 0 Å². The molecular weight excluding hydrogens is 356 g/mol. The predicted octanol–water partition coefficient (Wildman–Crippen LogP) is 3.91. The lowest BCUT2D eigenvalue weighted by molar-refractivity contribution is 0.135. The lowest BCUT2D eigenvalue weighted by Gasteiger charge is -2.25. The number of anilines is 1. The van der Waals surface area contributed by atoms with Gasteiger partial charge in [-0.1, -0.05) is 18.2 Å². The Morgan fingerprint density at radius 3 is 2.76 bits per heavy atom. The number of para-hydroxylation sites is 1. The molecule has 25 heavy (non-hydrogen) atoms. The number of rotatable bonds is 7. The second kappa shape index (κ2) is 6.48. The number of benzene rings is 1. The van der Waals surface area contributed by atoms with Crippen LogP contribution in [0, 0.1) is 5.92 Å². The number of fused-ring (bicyclic) bond motifs is 1. The molecule has 1 aromatic carbocycles. The van der Waals surface area contributed by atoms with E-state index in [1.54, 1.807) is 28.9 Å². The van der Waals surface area contributed by atoms with E-state index in [-0.39, 0.29) is 0 Å². The lowest BCUT2D eigenvalue weighted by Crippen LogP contribution is -2.33. The third kappa shape index (κ3) is 3.07. The Balaban J connectivity index is 1.88. The summed E-state index contributed by atoms with van der Waals surface area (Å²) in [5.74, 6) is 0.441. The summed E-state index contributed by atoms with van der Waals surface area (Å²) in [5, 5.41) is 2.81. The maximum atomic E-state index is 13.3. The predicted molar refractivity (Wildman–Crippen MR) is 101 cm³/mol. The number of ether oxygens (including phenoxy) is 1. The third-order valence-corrected chi connectivity index (χ3v) is 7.62. The standard InChI is InChI=1S/C18H20N2O3S2/c1-23-13-19-10-9-15-4-2-5-16(18(15)19)20(12-14-7-8-14)25(21,22)17-6-3-11-24-17/h2-6,9-11,14H,7-8,12-13H2,1H3. The molecule has 0 atom stereocenters. The van der Waals surface area contributed by atoms with Crippen molar-refractivity contribution in [2.24, 2.45) is 5.92 Å². The zero-order valence-electron chi connectivity index (χ0n) is 14.0. The van der Waals surface area contributed by atoms with Gasteiger partial charge in [-0.05, 0) is 42.3 Å². The van der Waals surface area contributed by atoms with Crippen molar-refractivity contribution in [3.05, 3.63) is 48.0 Å².